The molecule has 168 valence electrons. The van der Waals surface area contributed by atoms with Gasteiger partial charge in [0.05, 0.1) is 21.2 Å². The highest BCUT2D eigenvalue weighted by Gasteiger charge is 2.37. The van der Waals surface area contributed by atoms with Gasteiger partial charge < -0.3 is 0 Å². The molecule has 0 radical (unpaired) electrons. The second-order valence-electron chi connectivity index (χ2n) is 8.13. The molecule has 3 aromatic carbocycles. The van der Waals surface area contributed by atoms with Crippen molar-refractivity contribution >= 4 is 31.4 Å². The van der Waals surface area contributed by atoms with E-state index >= 15 is 0 Å². The number of anilines is 2. The first kappa shape index (κ1) is 22.4. The number of para-hydroxylation sites is 2. The quantitative estimate of drug-likeness (QED) is 0.563. The highest BCUT2D eigenvalue weighted by Crippen LogP contribution is 2.40. The third kappa shape index (κ3) is 3.89. The monoisotopic (exact) mass is 470 g/mol. The van der Waals surface area contributed by atoms with Crippen LogP contribution in [0.1, 0.15) is 24.5 Å². The van der Waals surface area contributed by atoms with Crippen molar-refractivity contribution in [1.29, 1.82) is 0 Å². The summed E-state index contributed by atoms with van der Waals surface area (Å²) in [5, 5.41) is 0. The van der Waals surface area contributed by atoms with E-state index in [2.05, 4.69) is 0 Å². The molecule has 0 aromatic heterocycles. The number of hydrogen-bond donors (Lipinski definition) is 0. The van der Waals surface area contributed by atoms with E-state index in [0.29, 0.717) is 17.8 Å². The normalized spacial score (nSPS) is 17.0. The zero-order chi connectivity index (χ0) is 23.1. The lowest BCUT2D eigenvalue weighted by atomic mass is 10.2. The second-order valence-corrected chi connectivity index (χ2v) is 11.8. The fourth-order valence-electron chi connectivity index (χ4n) is 3.92. The fraction of sp³-hybridized carbons (Fsp3) is 0.250. The maximum absolute atomic E-state index is 13.6. The maximum Gasteiger partial charge on any atom is 0.264 e. The van der Waals surface area contributed by atoms with Gasteiger partial charge in [0, 0.05) is 12.6 Å². The molecule has 3 aromatic rings. The Kier molecular flexibility index (Phi) is 5.77. The number of rotatable bonds is 4. The van der Waals surface area contributed by atoms with Crippen molar-refractivity contribution in [3.63, 3.8) is 0 Å². The molecule has 8 heteroatoms. The van der Waals surface area contributed by atoms with Crippen LogP contribution in [0.4, 0.5) is 11.4 Å². The van der Waals surface area contributed by atoms with Gasteiger partial charge in [-0.25, -0.2) is 16.8 Å². The number of benzene rings is 3. The molecule has 0 N–H and O–H groups in total. The van der Waals surface area contributed by atoms with Gasteiger partial charge in [0.2, 0.25) is 0 Å². The Morgan fingerprint density at radius 1 is 0.688 bits per heavy atom. The number of aryl methyl sites for hydroxylation is 2. The van der Waals surface area contributed by atoms with Crippen LogP contribution in [0, 0.1) is 13.8 Å². The lowest BCUT2D eigenvalue weighted by Crippen LogP contribution is -2.38. The lowest BCUT2D eigenvalue weighted by Gasteiger charge is -2.30. The third-order valence-corrected chi connectivity index (χ3v) is 9.49. The molecule has 1 aliphatic heterocycles. The number of hydrogen-bond acceptors (Lipinski definition) is 4. The predicted octanol–water partition coefficient (Wildman–Crippen LogP) is 4.49. The third-order valence-electron chi connectivity index (χ3n) is 5.72. The summed E-state index contributed by atoms with van der Waals surface area (Å²) >= 11 is 0. The molecule has 1 heterocycles. The zero-order valence-corrected chi connectivity index (χ0v) is 19.9. The Labute approximate surface area is 190 Å². The highest BCUT2D eigenvalue weighted by atomic mass is 32.2. The van der Waals surface area contributed by atoms with E-state index in [1.807, 2.05) is 20.8 Å². The molecular weight excluding hydrogens is 444 g/mol. The zero-order valence-electron chi connectivity index (χ0n) is 18.3. The number of nitrogens with zero attached hydrogens (tertiary/aromatic N) is 2. The molecule has 0 amide bonds. The average Bonchev–Trinajstić information content (AvgIpc) is 2.91. The summed E-state index contributed by atoms with van der Waals surface area (Å²) in [5.74, 6) is 0. The largest absolute Gasteiger partial charge is 0.264 e. The first-order chi connectivity index (χ1) is 15.1. The van der Waals surface area contributed by atoms with Gasteiger partial charge in [0.1, 0.15) is 0 Å². The van der Waals surface area contributed by atoms with Gasteiger partial charge in [0.25, 0.3) is 20.0 Å². The van der Waals surface area contributed by atoms with Gasteiger partial charge in [-0.1, -0.05) is 47.5 Å². The lowest BCUT2D eigenvalue weighted by molar-refractivity contribution is 0.573. The van der Waals surface area contributed by atoms with Gasteiger partial charge in [0.15, 0.2) is 0 Å². The molecule has 32 heavy (non-hydrogen) atoms. The van der Waals surface area contributed by atoms with Crippen LogP contribution in [0.15, 0.2) is 82.6 Å². The molecular formula is C24H26N2O4S2. The van der Waals surface area contributed by atoms with Gasteiger partial charge >= 0.3 is 0 Å². The molecule has 1 atom stereocenters. The number of sulfonamides is 2. The molecule has 1 unspecified atom stereocenters. The SMILES string of the molecule is Cc1ccc(S(=O)(=O)N2CCC(C)N(S(=O)(=O)c3ccc(C)cc3)c3ccccc32)cc1. The minimum atomic E-state index is -3.89. The van der Waals surface area contributed by atoms with Crippen molar-refractivity contribution in [2.75, 3.05) is 15.2 Å². The molecule has 0 spiro atoms. The minimum Gasteiger partial charge on any atom is -0.264 e. The maximum atomic E-state index is 13.6. The van der Waals surface area contributed by atoms with E-state index < -0.39 is 26.1 Å². The molecule has 1 aliphatic rings. The van der Waals surface area contributed by atoms with E-state index in [1.54, 1.807) is 72.8 Å². The van der Waals surface area contributed by atoms with E-state index in [1.165, 1.54) is 8.61 Å². The van der Waals surface area contributed by atoms with E-state index in [4.69, 9.17) is 0 Å². The highest BCUT2D eigenvalue weighted by molar-refractivity contribution is 7.93. The van der Waals surface area contributed by atoms with Gasteiger partial charge in [-0.2, -0.15) is 0 Å². The summed E-state index contributed by atoms with van der Waals surface area (Å²) in [7, 11) is -7.76. The fourth-order valence-corrected chi connectivity index (χ4v) is 7.11. The summed E-state index contributed by atoms with van der Waals surface area (Å²) < 4.78 is 57.1. The van der Waals surface area contributed by atoms with E-state index in [9.17, 15) is 16.8 Å². The average molecular weight is 471 g/mol. The minimum absolute atomic E-state index is 0.175. The van der Waals surface area contributed by atoms with Crippen molar-refractivity contribution in [3.05, 3.63) is 83.9 Å². The van der Waals surface area contributed by atoms with Gasteiger partial charge in [-0.15, -0.1) is 0 Å². The molecule has 4 rings (SSSR count). The van der Waals surface area contributed by atoms with Crippen LogP contribution in [-0.2, 0) is 20.0 Å². The summed E-state index contributed by atoms with van der Waals surface area (Å²) in [4.78, 5) is 0.361. The van der Waals surface area contributed by atoms with Crippen LogP contribution in [0.5, 0.6) is 0 Å². The van der Waals surface area contributed by atoms with Crippen molar-refractivity contribution in [2.45, 2.75) is 43.0 Å². The summed E-state index contributed by atoms with van der Waals surface area (Å²) in [6.45, 7) is 5.78. The van der Waals surface area contributed by atoms with Gasteiger partial charge in [-0.05, 0) is 63.6 Å². The predicted molar refractivity (Wildman–Crippen MR) is 127 cm³/mol. The Bertz CT molecular complexity index is 1330. The van der Waals surface area contributed by atoms with Crippen LogP contribution in [0.25, 0.3) is 0 Å². The van der Waals surface area contributed by atoms with Crippen molar-refractivity contribution in [2.24, 2.45) is 0 Å². The van der Waals surface area contributed by atoms with Gasteiger partial charge in [-0.3, -0.25) is 8.61 Å². The molecule has 0 fully saturated rings. The number of fused-ring (bicyclic) bond motifs is 1. The summed E-state index contributed by atoms with van der Waals surface area (Å²) in [6.07, 6.45) is 0.352. The Hall–Kier alpha value is -2.84. The second kappa shape index (κ2) is 8.26. The molecule has 0 aliphatic carbocycles. The van der Waals surface area contributed by atoms with Crippen molar-refractivity contribution in [3.8, 4) is 0 Å². The standard InChI is InChI=1S/C24H26N2O4S2/c1-18-8-12-21(13-9-18)31(27,28)25-17-16-20(3)26(24-7-5-4-6-23(24)25)32(29,30)22-14-10-19(2)11-15-22/h4-15,20H,16-17H2,1-3H3. The Morgan fingerprint density at radius 3 is 1.69 bits per heavy atom. The summed E-state index contributed by atoms with van der Waals surface area (Å²) in [5.41, 5.74) is 2.63. The van der Waals surface area contributed by atoms with Crippen LogP contribution in [0.3, 0.4) is 0 Å². The van der Waals surface area contributed by atoms with Crippen LogP contribution >= 0.6 is 0 Å². The van der Waals surface area contributed by atoms with Crippen LogP contribution in [0.2, 0.25) is 0 Å². The topological polar surface area (TPSA) is 74.8 Å². The first-order valence-electron chi connectivity index (χ1n) is 10.4. The Morgan fingerprint density at radius 2 is 1.16 bits per heavy atom. The van der Waals surface area contributed by atoms with Crippen LogP contribution < -0.4 is 8.61 Å². The molecule has 6 nitrogen and oxygen atoms in total. The van der Waals surface area contributed by atoms with Crippen molar-refractivity contribution < 1.29 is 16.8 Å². The Balaban J connectivity index is 1.86. The smallest absolute Gasteiger partial charge is 0.264 e. The summed E-state index contributed by atoms with van der Waals surface area (Å²) in [6, 6.07) is 19.7. The van der Waals surface area contributed by atoms with E-state index in [-0.39, 0.29) is 16.3 Å². The molecule has 0 bridgehead atoms. The van der Waals surface area contributed by atoms with E-state index in [0.717, 1.165) is 11.1 Å². The molecule has 0 saturated heterocycles. The van der Waals surface area contributed by atoms with Crippen molar-refractivity contribution in [1.82, 2.24) is 0 Å². The molecule has 0 saturated carbocycles. The first-order valence-corrected chi connectivity index (χ1v) is 13.3. The van der Waals surface area contributed by atoms with Crippen LogP contribution in [-0.4, -0.2) is 29.4 Å².